The first-order valence-corrected chi connectivity index (χ1v) is 8.90. The average Bonchev–Trinajstić information content (AvgIpc) is 2.67. The lowest BCUT2D eigenvalue weighted by atomic mass is 9.91. The Balaban J connectivity index is 2.07. The second kappa shape index (κ2) is 9.61. The number of nitrogens with one attached hydrogen (secondary N) is 2. The Bertz CT molecular complexity index is 664. The minimum Gasteiger partial charge on any atom is -0.480 e. The third-order valence-electron chi connectivity index (χ3n) is 4.64. The van der Waals surface area contributed by atoms with Gasteiger partial charge >= 0.3 is 12.0 Å². The van der Waals surface area contributed by atoms with Gasteiger partial charge in [0.05, 0.1) is 0 Å². The van der Waals surface area contributed by atoms with Crippen LogP contribution in [0.3, 0.4) is 0 Å². The molecule has 0 radical (unpaired) electrons. The van der Waals surface area contributed by atoms with Crippen LogP contribution in [0.1, 0.15) is 37.3 Å². The molecule has 0 fully saturated rings. The average molecular weight is 354 g/mol. The highest BCUT2D eigenvalue weighted by atomic mass is 16.4. The highest BCUT2D eigenvalue weighted by Gasteiger charge is 2.25. The predicted molar refractivity (Wildman–Crippen MR) is 102 cm³/mol. The molecule has 2 aromatic carbocycles. The zero-order valence-electron chi connectivity index (χ0n) is 15.2. The summed E-state index contributed by atoms with van der Waals surface area (Å²) >= 11 is 0. The van der Waals surface area contributed by atoms with Crippen molar-refractivity contribution >= 4 is 12.0 Å². The van der Waals surface area contributed by atoms with Gasteiger partial charge in [0.2, 0.25) is 0 Å². The van der Waals surface area contributed by atoms with Crippen LogP contribution in [0, 0.1) is 5.92 Å². The van der Waals surface area contributed by atoms with Crippen LogP contribution in [0.15, 0.2) is 60.7 Å². The Labute approximate surface area is 154 Å². The van der Waals surface area contributed by atoms with E-state index in [4.69, 9.17) is 0 Å². The van der Waals surface area contributed by atoms with Gasteiger partial charge in [0.25, 0.3) is 0 Å². The molecule has 2 rings (SSSR count). The van der Waals surface area contributed by atoms with Gasteiger partial charge in [0.15, 0.2) is 0 Å². The topological polar surface area (TPSA) is 78.4 Å². The number of amides is 2. The Hall–Kier alpha value is -2.82. The van der Waals surface area contributed by atoms with Crippen LogP contribution in [0.4, 0.5) is 4.79 Å². The molecule has 0 aliphatic heterocycles. The fourth-order valence-corrected chi connectivity index (χ4v) is 2.87. The first-order chi connectivity index (χ1) is 12.5. The molecule has 0 bridgehead atoms. The van der Waals surface area contributed by atoms with E-state index in [0.29, 0.717) is 13.0 Å². The number of carbonyl (C=O) groups excluding carboxylic acids is 1. The van der Waals surface area contributed by atoms with E-state index in [1.165, 1.54) is 0 Å². The Morgan fingerprint density at radius 1 is 0.962 bits per heavy atom. The maximum Gasteiger partial charge on any atom is 0.326 e. The maximum atomic E-state index is 12.3. The van der Waals surface area contributed by atoms with Crippen LogP contribution in [0.25, 0.3) is 0 Å². The van der Waals surface area contributed by atoms with Crippen molar-refractivity contribution in [2.75, 3.05) is 6.54 Å². The van der Waals surface area contributed by atoms with E-state index in [1.807, 2.05) is 74.5 Å². The Kier molecular flexibility index (Phi) is 7.21. The van der Waals surface area contributed by atoms with Gasteiger partial charge in [-0.1, -0.05) is 80.9 Å². The van der Waals surface area contributed by atoms with Crippen molar-refractivity contribution in [2.24, 2.45) is 5.92 Å². The summed E-state index contributed by atoms with van der Waals surface area (Å²) in [6.07, 6.45) is 0.675. The van der Waals surface area contributed by atoms with Gasteiger partial charge in [0.1, 0.15) is 6.04 Å². The predicted octanol–water partition coefficient (Wildman–Crippen LogP) is 3.62. The number of rotatable bonds is 8. The number of aliphatic carboxylic acids is 1. The van der Waals surface area contributed by atoms with Crippen molar-refractivity contribution in [3.05, 3.63) is 71.8 Å². The van der Waals surface area contributed by atoms with Gasteiger partial charge in [0, 0.05) is 12.5 Å². The zero-order chi connectivity index (χ0) is 18.9. The van der Waals surface area contributed by atoms with Crippen molar-refractivity contribution < 1.29 is 14.7 Å². The lowest BCUT2D eigenvalue weighted by Crippen LogP contribution is -2.49. The summed E-state index contributed by atoms with van der Waals surface area (Å²) in [5, 5.41) is 14.7. The number of hydrogen-bond donors (Lipinski definition) is 3. The number of benzene rings is 2. The summed E-state index contributed by atoms with van der Waals surface area (Å²) in [7, 11) is 0. The molecule has 0 aromatic heterocycles. The first kappa shape index (κ1) is 19.5. The molecule has 0 aliphatic carbocycles. The highest BCUT2D eigenvalue weighted by Crippen LogP contribution is 2.23. The summed E-state index contributed by atoms with van der Waals surface area (Å²) < 4.78 is 0. The molecule has 0 unspecified atom stereocenters. The lowest BCUT2D eigenvalue weighted by Gasteiger charge is -2.22. The van der Waals surface area contributed by atoms with Gasteiger partial charge in [-0.05, 0) is 17.0 Å². The standard InChI is InChI=1S/C21H26N2O3/c1-3-15(2)19(20(24)25)23-21(26)22-14-18(16-10-6-4-7-11-16)17-12-8-5-9-13-17/h4-13,15,18-19H,3,14H2,1-2H3,(H,24,25)(H2,22,23,26)/t15-,19+/m1/s1. The van der Waals surface area contributed by atoms with Crippen molar-refractivity contribution in [1.82, 2.24) is 10.6 Å². The molecule has 2 aromatic rings. The third-order valence-corrected chi connectivity index (χ3v) is 4.64. The van der Waals surface area contributed by atoms with Crippen LogP contribution in [0.5, 0.6) is 0 Å². The molecule has 0 heterocycles. The lowest BCUT2D eigenvalue weighted by molar-refractivity contribution is -0.140. The maximum absolute atomic E-state index is 12.3. The molecule has 2 amide bonds. The van der Waals surface area contributed by atoms with Gasteiger partial charge in [-0.2, -0.15) is 0 Å². The minimum atomic E-state index is -1.02. The quantitative estimate of drug-likeness (QED) is 0.677. The van der Waals surface area contributed by atoms with E-state index in [9.17, 15) is 14.7 Å². The number of hydrogen-bond acceptors (Lipinski definition) is 2. The molecule has 138 valence electrons. The number of urea groups is 1. The van der Waals surface area contributed by atoms with E-state index in [-0.39, 0.29) is 11.8 Å². The molecule has 0 saturated carbocycles. The van der Waals surface area contributed by atoms with Crippen LogP contribution < -0.4 is 10.6 Å². The largest absolute Gasteiger partial charge is 0.480 e. The third kappa shape index (κ3) is 5.34. The number of carbonyl (C=O) groups is 2. The van der Waals surface area contributed by atoms with Crippen molar-refractivity contribution in [3.8, 4) is 0 Å². The number of carboxylic acid groups (broad SMARTS) is 1. The second-order valence-corrected chi connectivity index (χ2v) is 6.43. The van der Waals surface area contributed by atoms with Crippen LogP contribution >= 0.6 is 0 Å². The highest BCUT2D eigenvalue weighted by molar-refractivity contribution is 5.82. The summed E-state index contributed by atoms with van der Waals surface area (Å²) in [5.74, 6) is -1.16. The summed E-state index contributed by atoms with van der Waals surface area (Å²) in [6, 6.07) is 18.5. The number of carboxylic acids is 1. The van der Waals surface area contributed by atoms with E-state index in [1.54, 1.807) is 0 Å². The van der Waals surface area contributed by atoms with Gasteiger partial charge in [-0.3, -0.25) is 0 Å². The molecule has 5 nitrogen and oxygen atoms in total. The smallest absolute Gasteiger partial charge is 0.326 e. The SMILES string of the molecule is CC[C@@H](C)[C@H](NC(=O)NCC(c1ccccc1)c1ccccc1)C(=O)O. The summed E-state index contributed by atoms with van der Waals surface area (Å²) in [5.41, 5.74) is 2.19. The summed E-state index contributed by atoms with van der Waals surface area (Å²) in [4.78, 5) is 23.6. The molecule has 0 aliphatic rings. The Morgan fingerprint density at radius 3 is 1.88 bits per heavy atom. The fourth-order valence-electron chi connectivity index (χ4n) is 2.87. The monoisotopic (exact) mass is 354 g/mol. The molecule has 3 N–H and O–H groups in total. The normalized spacial score (nSPS) is 13.0. The minimum absolute atomic E-state index is 0.00460. The van der Waals surface area contributed by atoms with Gasteiger partial charge < -0.3 is 15.7 Å². The van der Waals surface area contributed by atoms with Crippen LogP contribution in [-0.4, -0.2) is 29.7 Å². The van der Waals surface area contributed by atoms with E-state index in [2.05, 4.69) is 10.6 Å². The van der Waals surface area contributed by atoms with Crippen molar-refractivity contribution in [3.63, 3.8) is 0 Å². The van der Waals surface area contributed by atoms with E-state index < -0.39 is 18.0 Å². The van der Waals surface area contributed by atoms with Crippen LogP contribution in [0.2, 0.25) is 0 Å². The van der Waals surface area contributed by atoms with E-state index >= 15 is 0 Å². The van der Waals surface area contributed by atoms with Crippen molar-refractivity contribution in [1.29, 1.82) is 0 Å². The molecule has 0 saturated heterocycles. The van der Waals surface area contributed by atoms with E-state index in [0.717, 1.165) is 11.1 Å². The second-order valence-electron chi connectivity index (χ2n) is 6.43. The molecule has 2 atom stereocenters. The molecular formula is C21H26N2O3. The van der Waals surface area contributed by atoms with Crippen LogP contribution in [-0.2, 0) is 4.79 Å². The molecule has 0 spiro atoms. The Morgan fingerprint density at radius 2 is 1.46 bits per heavy atom. The molecule has 5 heteroatoms. The first-order valence-electron chi connectivity index (χ1n) is 8.90. The zero-order valence-corrected chi connectivity index (χ0v) is 15.2. The fraction of sp³-hybridized carbons (Fsp3) is 0.333. The van der Waals surface area contributed by atoms with Crippen molar-refractivity contribution in [2.45, 2.75) is 32.2 Å². The summed E-state index contributed by atoms with van der Waals surface area (Å²) in [6.45, 7) is 4.10. The molecule has 26 heavy (non-hydrogen) atoms. The van der Waals surface area contributed by atoms with Gasteiger partial charge in [-0.25, -0.2) is 9.59 Å². The molecular weight excluding hydrogens is 328 g/mol. The van der Waals surface area contributed by atoms with Gasteiger partial charge in [-0.15, -0.1) is 0 Å².